The zero-order valence-corrected chi connectivity index (χ0v) is 11.4. The Morgan fingerprint density at radius 1 is 1.30 bits per heavy atom. The Labute approximate surface area is 117 Å². The van der Waals surface area contributed by atoms with Crippen LogP contribution in [0.4, 0.5) is 11.6 Å². The van der Waals surface area contributed by atoms with Gasteiger partial charge in [-0.3, -0.25) is 9.67 Å². The molecule has 2 aromatic rings. The molecule has 0 aromatic carbocycles. The predicted molar refractivity (Wildman–Crippen MR) is 75.7 cm³/mol. The maximum absolute atomic E-state index is 5.66. The first-order chi connectivity index (χ1) is 9.76. The molecule has 7 heteroatoms. The van der Waals surface area contributed by atoms with Crippen molar-refractivity contribution in [3.05, 3.63) is 24.7 Å². The summed E-state index contributed by atoms with van der Waals surface area (Å²) in [5.41, 5.74) is 5.66. The molecule has 2 aromatic heterocycles. The van der Waals surface area contributed by atoms with Crippen molar-refractivity contribution in [1.29, 1.82) is 0 Å². The second kappa shape index (κ2) is 5.36. The van der Waals surface area contributed by atoms with Crippen molar-refractivity contribution in [2.24, 2.45) is 0 Å². The molecule has 0 spiro atoms. The lowest BCUT2D eigenvalue weighted by Crippen LogP contribution is -2.35. The van der Waals surface area contributed by atoms with Gasteiger partial charge in [-0.2, -0.15) is 10.1 Å². The fourth-order valence-electron chi connectivity index (χ4n) is 2.50. The highest BCUT2D eigenvalue weighted by Crippen LogP contribution is 2.25. The number of methoxy groups -OCH3 is 1. The van der Waals surface area contributed by atoms with E-state index in [1.54, 1.807) is 19.5 Å². The van der Waals surface area contributed by atoms with Gasteiger partial charge in [-0.1, -0.05) is 0 Å². The van der Waals surface area contributed by atoms with Gasteiger partial charge in [-0.15, -0.1) is 0 Å². The lowest BCUT2D eigenvalue weighted by molar-refractivity contribution is 0.364. The van der Waals surface area contributed by atoms with Crippen molar-refractivity contribution in [3.63, 3.8) is 0 Å². The van der Waals surface area contributed by atoms with Gasteiger partial charge in [-0.25, -0.2) is 0 Å². The van der Waals surface area contributed by atoms with Gasteiger partial charge in [0.1, 0.15) is 5.82 Å². The largest absolute Gasteiger partial charge is 0.480 e. The summed E-state index contributed by atoms with van der Waals surface area (Å²) in [6, 6.07) is 2.24. The van der Waals surface area contributed by atoms with E-state index in [2.05, 4.69) is 20.0 Å². The number of nitrogens with two attached hydrogens (primary N) is 1. The van der Waals surface area contributed by atoms with Crippen molar-refractivity contribution in [3.8, 4) is 5.88 Å². The highest BCUT2D eigenvalue weighted by Gasteiger charge is 2.22. The zero-order chi connectivity index (χ0) is 13.9. The molecule has 7 nitrogen and oxygen atoms in total. The molecule has 106 valence electrons. The van der Waals surface area contributed by atoms with E-state index in [0.717, 1.165) is 31.7 Å². The molecule has 0 radical (unpaired) electrons. The number of hydrogen-bond acceptors (Lipinski definition) is 6. The number of anilines is 2. The summed E-state index contributed by atoms with van der Waals surface area (Å²) in [5, 5.41) is 4.29. The second-order valence-corrected chi connectivity index (χ2v) is 4.86. The molecule has 1 aliphatic heterocycles. The summed E-state index contributed by atoms with van der Waals surface area (Å²) in [6.45, 7) is 1.85. The Bertz CT molecular complexity index is 576. The van der Waals surface area contributed by atoms with Crippen LogP contribution in [0.25, 0.3) is 0 Å². The minimum atomic E-state index is 0.405. The quantitative estimate of drug-likeness (QED) is 0.902. The maximum atomic E-state index is 5.66. The first-order valence-corrected chi connectivity index (χ1v) is 6.68. The maximum Gasteiger partial charge on any atom is 0.233 e. The van der Waals surface area contributed by atoms with Crippen LogP contribution in [-0.2, 0) is 0 Å². The van der Waals surface area contributed by atoms with Crippen molar-refractivity contribution in [1.82, 2.24) is 19.7 Å². The Balaban J connectivity index is 1.66. The molecular weight excluding hydrogens is 256 g/mol. The van der Waals surface area contributed by atoms with E-state index >= 15 is 0 Å². The minimum absolute atomic E-state index is 0.405. The van der Waals surface area contributed by atoms with Crippen LogP contribution >= 0.6 is 0 Å². The van der Waals surface area contributed by atoms with Crippen LogP contribution in [0.1, 0.15) is 18.9 Å². The fraction of sp³-hybridized carbons (Fsp3) is 0.462. The molecule has 0 atom stereocenters. The lowest BCUT2D eigenvalue weighted by Gasteiger charge is -2.32. The zero-order valence-electron chi connectivity index (χ0n) is 11.4. The van der Waals surface area contributed by atoms with E-state index in [0.29, 0.717) is 17.7 Å². The summed E-state index contributed by atoms with van der Waals surface area (Å²) in [6.07, 6.45) is 7.36. The molecule has 1 saturated heterocycles. The molecule has 0 bridgehead atoms. The number of ether oxygens (including phenoxy) is 1. The predicted octanol–water partition coefficient (Wildman–Crippen LogP) is 1.11. The highest BCUT2D eigenvalue weighted by atomic mass is 16.5. The molecule has 3 rings (SSSR count). The third-order valence-electron chi connectivity index (χ3n) is 3.60. The minimum Gasteiger partial charge on any atom is -0.480 e. The van der Waals surface area contributed by atoms with E-state index in [1.165, 1.54) is 0 Å². The summed E-state index contributed by atoms with van der Waals surface area (Å²) in [4.78, 5) is 10.8. The first-order valence-electron chi connectivity index (χ1n) is 6.68. The van der Waals surface area contributed by atoms with Gasteiger partial charge in [0.2, 0.25) is 5.88 Å². The fourth-order valence-corrected chi connectivity index (χ4v) is 2.50. The summed E-state index contributed by atoms with van der Waals surface area (Å²) in [5.74, 6) is 1.98. The third-order valence-corrected chi connectivity index (χ3v) is 3.60. The third kappa shape index (κ3) is 2.52. The molecule has 1 fully saturated rings. The standard InChI is InChI=1S/C13H18N6O/c1-20-13-9-15-8-12(16-13)18-5-2-10(3-6-18)19-7-4-11(14)17-19/h4,7-10H,2-3,5-6H2,1H3,(H2,14,17). The molecule has 3 heterocycles. The Kier molecular flexibility index (Phi) is 3.41. The van der Waals surface area contributed by atoms with Gasteiger partial charge >= 0.3 is 0 Å². The van der Waals surface area contributed by atoms with Crippen molar-refractivity contribution in [2.45, 2.75) is 18.9 Å². The van der Waals surface area contributed by atoms with Crippen molar-refractivity contribution < 1.29 is 4.74 Å². The van der Waals surface area contributed by atoms with Gasteiger partial charge in [-0.05, 0) is 18.9 Å². The molecule has 1 aliphatic rings. The highest BCUT2D eigenvalue weighted by molar-refractivity contribution is 5.38. The van der Waals surface area contributed by atoms with E-state index in [-0.39, 0.29) is 0 Å². The lowest BCUT2D eigenvalue weighted by atomic mass is 10.1. The summed E-state index contributed by atoms with van der Waals surface area (Å²) in [7, 11) is 1.60. The monoisotopic (exact) mass is 274 g/mol. The van der Waals surface area contributed by atoms with Gasteiger partial charge in [0, 0.05) is 19.3 Å². The summed E-state index contributed by atoms with van der Waals surface area (Å²) < 4.78 is 7.07. The molecule has 0 saturated carbocycles. The average molecular weight is 274 g/mol. The van der Waals surface area contributed by atoms with Gasteiger partial charge in [0.25, 0.3) is 0 Å². The number of rotatable bonds is 3. The topological polar surface area (TPSA) is 82.1 Å². The number of nitrogens with zero attached hydrogens (tertiary/aromatic N) is 5. The SMILES string of the molecule is COc1cncc(N2CCC(n3ccc(N)n3)CC2)n1. The first kappa shape index (κ1) is 12.7. The summed E-state index contributed by atoms with van der Waals surface area (Å²) >= 11 is 0. The number of piperidine rings is 1. The number of aromatic nitrogens is 4. The molecule has 2 N–H and O–H groups in total. The number of nitrogen functional groups attached to an aromatic ring is 1. The van der Waals surface area contributed by atoms with Crippen LogP contribution in [0.15, 0.2) is 24.7 Å². The molecule has 0 unspecified atom stereocenters. The van der Waals surface area contributed by atoms with Crippen LogP contribution in [0.2, 0.25) is 0 Å². The van der Waals surface area contributed by atoms with Crippen molar-refractivity contribution >= 4 is 11.6 Å². The van der Waals surface area contributed by atoms with E-state index < -0.39 is 0 Å². The van der Waals surface area contributed by atoms with Crippen LogP contribution in [0.5, 0.6) is 5.88 Å². The van der Waals surface area contributed by atoms with Gasteiger partial charge < -0.3 is 15.4 Å². The van der Waals surface area contributed by atoms with Gasteiger partial charge in [0.15, 0.2) is 5.82 Å². The molecule has 20 heavy (non-hydrogen) atoms. The van der Waals surface area contributed by atoms with Crippen LogP contribution < -0.4 is 15.4 Å². The normalized spacial score (nSPS) is 16.4. The van der Waals surface area contributed by atoms with Crippen molar-refractivity contribution in [2.75, 3.05) is 30.8 Å². The molecular formula is C13H18N6O. The van der Waals surface area contributed by atoms with E-state index in [4.69, 9.17) is 10.5 Å². The smallest absolute Gasteiger partial charge is 0.233 e. The van der Waals surface area contributed by atoms with Crippen LogP contribution in [0.3, 0.4) is 0 Å². The second-order valence-electron chi connectivity index (χ2n) is 4.86. The average Bonchev–Trinajstić information content (AvgIpc) is 2.94. The Hall–Kier alpha value is -2.31. The van der Waals surface area contributed by atoms with Crippen LogP contribution in [-0.4, -0.2) is 39.9 Å². The number of hydrogen-bond donors (Lipinski definition) is 1. The van der Waals surface area contributed by atoms with Gasteiger partial charge in [0.05, 0.1) is 25.5 Å². The van der Waals surface area contributed by atoms with E-state index in [9.17, 15) is 0 Å². The molecule has 0 aliphatic carbocycles. The Morgan fingerprint density at radius 2 is 2.10 bits per heavy atom. The molecule has 0 amide bonds. The van der Waals surface area contributed by atoms with E-state index in [1.807, 2.05) is 16.9 Å². The van der Waals surface area contributed by atoms with Crippen LogP contribution in [0, 0.1) is 0 Å². The Morgan fingerprint density at radius 3 is 2.75 bits per heavy atom.